The van der Waals surface area contributed by atoms with Gasteiger partial charge in [-0.2, -0.15) is 0 Å². The van der Waals surface area contributed by atoms with Crippen LogP contribution in [0.4, 0.5) is 4.79 Å². The van der Waals surface area contributed by atoms with Gasteiger partial charge in [0.2, 0.25) is 5.91 Å². The van der Waals surface area contributed by atoms with E-state index in [2.05, 4.69) is 15.4 Å². The number of esters is 1. The number of nitrogens with one attached hydrogen (secondary N) is 2. The average Bonchev–Trinajstić information content (AvgIpc) is 3.11. The summed E-state index contributed by atoms with van der Waals surface area (Å²) in [6.45, 7) is 3.72. The van der Waals surface area contributed by atoms with Crippen molar-refractivity contribution in [1.82, 2.24) is 15.5 Å². The summed E-state index contributed by atoms with van der Waals surface area (Å²) in [7, 11) is 1.30. The van der Waals surface area contributed by atoms with Crippen molar-refractivity contribution < 1.29 is 19.1 Å². The molecule has 1 fully saturated rings. The van der Waals surface area contributed by atoms with Gasteiger partial charge in [-0.3, -0.25) is 19.8 Å². The smallest absolute Gasteiger partial charge is 0.321 e. The Labute approximate surface area is 112 Å². The third-order valence-electron chi connectivity index (χ3n) is 2.80. The van der Waals surface area contributed by atoms with Crippen LogP contribution in [0.5, 0.6) is 0 Å². The Kier molecular flexibility index (Phi) is 5.75. The van der Waals surface area contributed by atoms with E-state index in [0.29, 0.717) is 0 Å². The lowest BCUT2D eigenvalue weighted by molar-refractivity contribution is -0.142. The maximum absolute atomic E-state index is 11.7. The summed E-state index contributed by atoms with van der Waals surface area (Å²) in [4.78, 5) is 35.9. The molecule has 0 spiro atoms. The highest BCUT2D eigenvalue weighted by Gasteiger charge is 2.24. The molecule has 7 heteroatoms. The molecular formula is C12H21N3O4. The highest BCUT2D eigenvalue weighted by Crippen LogP contribution is 2.18. The predicted molar refractivity (Wildman–Crippen MR) is 68.4 cm³/mol. The fourth-order valence-electron chi connectivity index (χ4n) is 1.45. The summed E-state index contributed by atoms with van der Waals surface area (Å²) in [5.74, 6) is -0.848. The zero-order chi connectivity index (χ0) is 14.4. The second-order valence-electron chi connectivity index (χ2n) is 4.87. The largest absolute Gasteiger partial charge is 0.468 e. The maximum Gasteiger partial charge on any atom is 0.321 e. The van der Waals surface area contributed by atoms with Crippen LogP contribution in [-0.2, 0) is 14.3 Å². The fourth-order valence-corrected chi connectivity index (χ4v) is 1.45. The normalized spacial score (nSPS) is 14.4. The van der Waals surface area contributed by atoms with E-state index in [9.17, 15) is 14.4 Å². The van der Waals surface area contributed by atoms with Gasteiger partial charge in [-0.1, -0.05) is 0 Å². The van der Waals surface area contributed by atoms with Crippen LogP contribution in [0.3, 0.4) is 0 Å². The van der Waals surface area contributed by atoms with Gasteiger partial charge in [0.1, 0.15) is 0 Å². The summed E-state index contributed by atoms with van der Waals surface area (Å²) < 4.78 is 4.56. The topological polar surface area (TPSA) is 87.7 Å². The summed E-state index contributed by atoms with van der Waals surface area (Å²) in [5.41, 5.74) is 0. The van der Waals surface area contributed by atoms with Gasteiger partial charge in [0.05, 0.1) is 20.2 Å². The third kappa shape index (κ3) is 6.19. The van der Waals surface area contributed by atoms with Crippen molar-refractivity contribution in [2.45, 2.75) is 38.8 Å². The number of rotatable bonds is 6. The van der Waals surface area contributed by atoms with Gasteiger partial charge in [0, 0.05) is 12.1 Å². The zero-order valence-electron chi connectivity index (χ0n) is 11.6. The van der Waals surface area contributed by atoms with Crippen molar-refractivity contribution in [3.63, 3.8) is 0 Å². The monoisotopic (exact) mass is 271 g/mol. The molecule has 108 valence electrons. The van der Waals surface area contributed by atoms with E-state index in [-0.39, 0.29) is 25.2 Å². The number of ether oxygens (including phenoxy) is 1. The number of hydrogen-bond acceptors (Lipinski definition) is 5. The summed E-state index contributed by atoms with van der Waals surface area (Å²) in [6, 6.07) is -0.283. The zero-order valence-corrected chi connectivity index (χ0v) is 11.6. The number of hydrogen-bond donors (Lipinski definition) is 2. The van der Waals surface area contributed by atoms with Crippen molar-refractivity contribution in [2.24, 2.45) is 0 Å². The van der Waals surface area contributed by atoms with E-state index in [4.69, 9.17) is 0 Å². The molecule has 0 heterocycles. The van der Waals surface area contributed by atoms with Crippen molar-refractivity contribution in [3.05, 3.63) is 0 Å². The molecule has 0 aromatic heterocycles. The molecule has 0 aromatic rings. The number of urea groups is 1. The van der Waals surface area contributed by atoms with Crippen LogP contribution >= 0.6 is 0 Å². The lowest BCUT2D eigenvalue weighted by Gasteiger charge is -2.24. The van der Waals surface area contributed by atoms with E-state index >= 15 is 0 Å². The van der Waals surface area contributed by atoms with Crippen LogP contribution in [0, 0.1) is 0 Å². The van der Waals surface area contributed by atoms with E-state index in [1.54, 1.807) is 4.90 Å². The van der Waals surface area contributed by atoms with Crippen molar-refractivity contribution in [1.29, 1.82) is 0 Å². The molecule has 19 heavy (non-hydrogen) atoms. The fraction of sp³-hybridized carbons (Fsp3) is 0.750. The molecule has 0 atom stereocenters. The minimum Gasteiger partial charge on any atom is -0.468 e. The first-order chi connectivity index (χ1) is 8.92. The van der Waals surface area contributed by atoms with Gasteiger partial charge in [-0.25, -0.2) is 4.79 Å². The number of carbonyl (C=O) groups excluding carboxylic acids is 3. The first-order valence-corrected chi connectivity index (χ1v) is 6.33. The standard InChI is InChI=1S/C12H21N3O4/c1-8(2)15(7-11(17)19-3)6-10(16)14-12(18)13-9-4-5-9/h8-9H,4-7H2,1-3H3,(H2,13,14,16,18). The Morgan fingerprint density at radius 2 is 1.89 bits per heavy atom. The first-order valence-electron chi connectivity index (χ1n) is 6.33. The Balaban J connectivity index is 2.36. The second-order valence-corrected chi connectivity index (χ2v) is 4.87. The molecule has 0 aliphatic heterocycles. The Hall–Kier alpha value is -1.63. The van der Waals surface area contributed by atoms with Crippen LogP contribution < -0.4 is 10.6 Å². The van der Waals surface area contributed by atoms with Gasteiger partial charge in [0.15, 0.2) is 0 Å². The molecule has 0 radical (unpaired) electrons. The van der Waals surface area contributed by atoms with Crippen molar-refractivity contribution >= 4 is 17.9 Å². The highest BCUT2D eigenvalue weighted by atomic mass is 16.5. The molecule has 1 saturated carbocycles. The molecule has 0 unspecified atom stereocenters. The molecule has 1 rings (SSSR count). The van der Waals surface area contributed by atoms with Crippen molar-refractivity contribution in [3.8, 4) is 0 Å². The van der Waals surface area contributed by atoms with E-state index in [1.807, 2.05) is 13.8 Å². The molecule has 1 aliphatic rings. The molecule has 2 N–H and O–H groups in total. The minimum absolute atomic E-state index is 0.00339. The van der Waals surface area contributed by atoms with Gasteiger partial charge in [0.25, 0.3) is 0 Å². The molecule has 3 amide bonds. The quantitative estimate of drug-likeness (QED) is 0.656. The first kappa shape index (κ1) is 15.4. The SMILES string of the molecule is COC(=O)CN(CC(=O)NC(=O)NC1CC1)C(C)C. The molecular weight excluding hydrogens is 250 g/mol. The third-order valence-corrected chi connectivity index (χ3v) is 2.80. The molecule has 7 nitrogen and oxygen atoms in total. The van der Waals surface area contributed by atoms with Gasteiger partial charge in [-0.05, 0) is 26.7 Å². The number of imide groups is 1. The molecule has 0 aromatic carbocycles. The number of methoxy groups -OCH3 is 1. The molecule has 0 bridgehead atoms. The Bertz CT molecular complexity index is 353. The molecule has 1 aliphatic carbocycles. The van der Waals surface area contributed by atoms with Crippen LogP contribution in [-0.4, -0.2) is 55.1 Å². The second kappa shape index (κ2) is 7.08. The predicted octanol–water partition coefficient (Wildman–Crippen LogP) is -0.142. The minimum atomic E-state index is -0.478. The van der Waals surface area contributed by atoms with Crippen LogP contribution in [0.1, 0.15) is 26.7 Å². The molecule has 0 saturated heterocycles. The van der Waals surface area contributed by atoms with Crippen LogP contribution in [0.15, 0.2) is 0 Å². The Morgan fingerprint density at radius 3 is 2.37 bits per heavy atom. The lowest BCUT2D eigenvalue weighted by atomic mass is 10.3. The maximum atomic E-state index is 11.7. The summed E-state index contributed by atoms with van der Waals surface area (Å²) in [5, 5.41) is 4.90. The number of amides is 3. The van der Waals surface area contributed by atoms with Crippen LogP contribution in [0.2, 0.25) is 0 Å². The number of carbonyl (C=O) groups is 3. The van der Waals surface area contributed by atoms with E-state index in [1.165, 1.54) is 7.11 Å². The summed E-state index contributed by atoms with van der Waals surface area (Å²) in [6.07, 6.45) is 1.92. The Morgan fingerprint density at radius 1 is 1.26 bits per heavy atom. The van der Waals surface area contributed by atoms with Gasteiger partial charge >= 0.3 is 12.0 Å². The van der Waals surface area contributed by atoms with Crippen molar-refractivity contribution in [2.75, 3.05) is 20.2 Å². The summed E-state index contributed by atoms with van der Waals surface area (Å²) >= 11 is 0. The van der Waals surface area contributed by atoms with Gasteiger partial charge < -0.3 is 10.1 Å². The average molecular weight is 271 g/mol. The lowest BCUT2D eigenvalue weighted by Crippen LogP contribution is -2.47. The van der Waals surface area contributed by atoms with E-state index < -0.39 is 17.9 Å². The van der Waals surface area contributed by atoms with E-state index in [0.717, 1.165) is 12.8 Å². The number of nitrogens with zero attached hydrogens (tertiary/aromatic N) is 1. The van der Waals surface area contributed by atoms with Gasteiger partial charge in [-0.15, -0.1) is 0 Å². The highest BCUT2D eigenvalue weighted by molar-refractivity contribution is 5.95. The van der Waals surface area contributed by atoms with Crippen LogP contribution in [0.25, 0.3) is 0 Å².